The Morgan fingerprint density at radius 1 is 0.895 bits per heavy atom. The Balaban J connectivity index is 2.05. The molecule has 2 nitrogen and oxygen atoms in total. The molecule has 0 radical (unpaired) electrons. The quantitative estimate of drug-likeness (QED) is 0.829. The monoisotopic (exact) mass is 266 g/mol. The molecular formula is C17H34N2. The number of piperidine rings is 1. The van der Waals surface area contributed by atoms with Crippen LogP contribution >= 0.6 is 0 Å². The Morgan fingerprint density at radius 2 is 1.63 bits per heavy atom. The molecule has 1 aliphatic heterocycles. The molecule has 1 saturated heterocycles. The molecule has 19 heavy (non-hydrogen) atoms. The normalized spacial score (nSPS) is 34.7. The van der Waals surface area contributed by atoms with Gasteiger partial charge in [-0.3, -0.25) is 4.90 Å². The summed E-state index contributed by atoms with van der Waals surface area (Å²) in [5.74, 6) is 0. The number of likely N-dealkylation sites (N-methyl/N-ethyl adjacent to an activating group) is 1. The van der Waals surface area contributed by atoms with Crippen molar-refractivity contribution in [2.24, 2.45) is 0 Å². The Morgan fingerprint density at radius 3 is 2.37 bits per heavy atom. The SMILES string of the molecule is CCNC1CCCCCCC1N1CCCCC1CC. The molecule has 2 rings (SSSR count). The highest BCUT2D eigenvalue weighted by Crippen LogP contribution is 2.29. The first kappa shape index (κ1) is 15.3. The second kappa shape index (κ2) is 8.26. The summed E-state index contributed by atoms with van der Waals surface area (Å²) in [5, 5.41) is 3.80. The zero-order valence-corrected chi connectivity index (χ0v) is 13.2. The Hall–Kier alpha value is -0.0800. The number of likely N-dealkylation sites (tertiary alicyclic amines) is 1. The molecule has 0 aromatic carbocycles. The van der Waals surface area contributed by atoms with Crippen molar-refractivity contribution in [1.29, 1.82) is 0 Å². The highest BCUT2D eigenvalue weighted by atomic mass is 15.2. The van der Waals surface area contributed by atoms with Crippen molar-refractivity contribution in [2.45, 2.75) is 96.2 Å². The van der Waals surface area contributed by atoms with Crippen LogP contribution in [-0.4, -0.2) is 36.1 Å². The minimum Gasteiger partial charge on any atom is -0.313 e. The van der Waals surface area contributed by atoms with Crippen molar-refractivity contribution < 1.29 is 0 Å². The molecule has 3 atom stereocenters. The molecule has 2 aliphatic rings. The van der Waals surface area contributed by atoms with Crippen LogP contribution in [0.3, 0.4) is 0 Å². The van der Waals surface area contributed by atoms with E-state index in [0.29, 0.717) is 0 Å². The third-order valence-electron chi connectivity index (χ3n) is 5.27. The van der Waals surface area contributed by atoms with Crippen molar-refractivity contribution in [3.8, 4) is 0 Å². The maximum absolute atomic E-state index is 3.80. The molecule has 1 aliphatic carbocycles. The lowest BCUT2D eigenvalue weighted by molar-refractivity contribution is 0.0576. The van der Waals surface area contributed by atoms with E-state index in [1.54, 1.807) is 0 Å². The van der Waals surface area contributed by atoms with Gasteiger partial charge < -0.3 is 5.32 Å². The van der Waals surface area contributed by atoms with Gasteiger partial charge in [-0.1, -0.05) is 46.0 Å². The smallest absolute Gasteiger partial charge is 0.0252 e. The van der Waals surface area contributed by atoms with Gasteiger partial charge in [0.25, 0.3) is 0 Å². The van der Waals surface area contributed by atoms with Crippen molar-refractivity contribution in [3.63, 3.8) is 0 Å². The minimum absolute atomic E-state index is 0.748. The van der Waals surface area contributed by atoms with E-state index in [0.717, 1.165) is 24.7 Å². The van der Waals surface area contributed by atoms with Crippen molar-refractivity contribution in [3.05, 3.63) is 0 Å². The molecule has 1 saturated carbocycles. The van der Waals surface area contributed by atoms with Crippen LogP contribution in [0.5, 0.6) is 0 Å². The maximum Gasteiger partial charge on any atom is 0.0252 e. The van der Waals surface area contributed by atoms with E-state index in [-0.39, 0.29) is 0 Å². The molecular weight excluding hydrogens is 232 g/mol. The van der Waals surface area contributed by atoms with E-state index in [1.807, 2.05) is 0 Å². The standard InChI is InChI=1S/C17H34N2/c1-3-15-11-9-10-14-19(15)17-13-8-6-5-7-12-16(17)18-4-2/h15-18H,3-14H2,1-2H3. The Kier molecular flexibility index (Phi) is 6.66. The second-order valence-electron chi connectivity index (χ2n) is 6.52. The van der Waals surface area contributed by atoms with Gasteiger partial charge in [0.15, 0.2) is 0 Å². The van der Waals surface area contributed by atoms with Crippen LogP contribution in [0.15, 0.2) is 0 Å². The van der Waals surface area contributed by atoms with Gasteiger partial charge in [0.05, 0.1) is 0 Å². The van der Waals surface area contributed by atoms with E-state index in [2.05, 4.69) is 24.1 Å². The summed E-state index contributed by atoms with van der Waals surface area (Å²) < 4.78 is 0. The van der Waals surface area contributed by atoms with Gasteiger partial charge in [-0.05, 0) is 45.2 Å². The lowest BCUT2D eigenvalue weighted by atomic mass is 9.87. The van der Waals surface area contributed by atoms with Crippen molar-refractivity contribution in [1.82, 2.24) is 10.2 Å². The van der Waals surface area contributed by atoms with E-state index in [4.69, 9.17) is 0 Å². The number of nitrogens with zero attached hydrogens (tertiary/aromatic N) is 1. The predicted molar refractivity (Wildman–Crippen MR) is 83.6 cm³/mol. The van der Waals surface area contributed by atoms with Gasteiger partial charge in [0, 0.05) is 18.1 Å². The topological polar surface area (TPSA) is 15.3 Å². The molecule has 1 N–H and O–H groups in total. The van der Waals surface area contributed by atoms with Crippen LogP contribution in [0.1, 0.15) is 78.1 Å². The lowest BCUT2D eigenvalue weighted by Crippen LogP contribution is -2.55. The summed E-state index contributed by atoms with van der Waals surface area (Å²) in [6.07, 6.45) is 14.3. The zero-order valence-electron chi connectivity index (χ0n) is 13.2. The third-order valence-corrected chi connectivity index (χ3v) is 5.27. The first-order chi connectivity index (χ1) is 9.36. The van der Waals surface area contributed by atoms with Crippen LogP contribution in [0, 0.1) is 0 Å². The lowest BCUT2D eigenvalue weighted by Gasteiger charge is -2.45. The first-order valence-corrected chi connectivity index (χ1v) is 8.86. The number of rotatable bonds is 4. The molecule has 2 fully saturated rings. The van der Waals surface area contributed by atoms with Gasteiger partial charge >= 0.3 is 0 Å². The van der Waals surface area contributed by atoms with Gasteiger partial charge in [0.2, 0.25) is 0 Å². The summed E-state index contributed by atoms with van der Waals surface area (Å²) in [7, 11) is 0. The largest absolute Gasteiger partial charge is 0.313 e. The highest BCUT2D eigenvalue weighted by Gasteiger charge is 2.32. The van der Waals surface area contributed by atoms with Crippen LogP contribution in [-0.2, 0) is 0 Å². The molecule has 112 valence electrons. The Labute approximate surface area is 120 Å². The van der Waals surface area contributed by atoms with Gasteiger partial charge in [0.1, 0.15) is 0 Å². The summed E-state index contributed by atoms with van der Waals surface area (Å²) in [5.41, 5.74) is 0. The van der Waals surface area contributed by atoms with Crippen molar-refractivity contribution >= 4 is 0 Å². The van der Waals surface area contributed by atoms with Gasteiger partial charge in [-0.25, -0.2) is 0 Å². The fraction of sp³-hybridized carbons (Fsp3) is 1.00. The van der Waals surface area contributed by atoms with Crippen LogP contribution in [0.4, 0.5) is 0 Å². The van der Waals surface area contributed by atoms with Crippen LogP contribution < -0.4 is 5.32 Å². The molecule has 1 heterocycles. The molecule has 0 spiro atoms. The number of nitrogens with one attached hydrogen (secondary N) is 1. The first-order valence-electron chi connectivity index (χ1n) is 8.86. The van der Waals surface area contributed by atoms with E-state index >= 15 is 0 Å². The van der Waals surface area contributed by atoms with Crippen LogP contribution in [0.25, 0.3) is 0 Å². The molecule has 3 unspecified atom stereocenters. The molecule has 0 amide bonds. The van der Waals surface area contributed by atoms with Crippen molar-refractivity contribution in [2.75, 3.05) is 13.1 Å². The summed E-state index contributed by atoms with van der Waals surface area (Å²) in [6, 6.07) is 2.42. The average molecular weight is 266 g/mol. The average Bonchev–Trinajstić information content (AvgIpc) is 2.42. The molecule has 0 bridgehead atoms. The summed E-state index contributed by atoms with van der Waals surface area (Å²) in [6.45, 7) is 7.13. The van der Waals surface area contributed by atoms with E-state index in [1.165, 1.54) is 70.8 Å². The number of hydrogen-bond donors (Lipinski definition) is 1. The van der Waals surface area contributed by atoms with E-state index < -0.39 is 0 Å². The van der Waals surface area contributed by atoms with Gasteiger partial charge in [-0.15, -0.1) is 0 Å². The Bertz CT molecular complexity index is 241. The zero-order chi connectivity index (χ0) is 13.5. The predicted octanol–water partition coefficient (Wildman–Crippen LogP) is 3.95. The maximum atomic E-state index is 3.80. The molecule has 0 aromatic heterocycles. The number of hydrogen-bond acceptors (Lipinski definition) is 2. The fourth-order valence-electron chi connectivity index (χ4n) is 4.26. The van der Waals surface area contributed by atoms with E-state index in [9.17, 15) is 0 Å². The second-order valence-corrected chi connectivity index (χ2v) is 6.52. The molecule has 0 aromatic rings. The van der Waals surface area contributed by atoms with Crippen LogP contribution in [0.2, 0.25) is 0 Å². The summed E-state index contributed by atoms with van der Waals surface area (Å²) in [4.78, 5) is 2.89. The highest BCUT2D eigenvalue weighted by molar-refractivity contribution is 4.90. The summed E-state index contributed by atoms with van der Waals surface area (Å²) >= 11 is 0. The molecule has 2 heteroatoms. The van der Waals surface area contributed by atoms with Gasteiger partial charge in [-0.2, -0.15) is 0 Å². The minimum atomic E-state index is 0.748. The third kappa shape index (κ3) is 4.19. The fourth-order valence-corrected chi connectivity index (χ4v) is 4.26.